The van der Waals surface area contributed by atoms with Gasteiger partial charge in [0.1, 0.15) is 5.82 Å². The van der Waals surface area contributed by atoms with E-state index >= 15 is 0 Å². The fourth-order valence-electron chi connectivity index (χ4n) is 1.16. The normalized spacial score (nSPS) is 9.92. The molecule has 0 bridgehead atoms. The summed E-state index contributed by atoms with van der Waals surface area (Å²) in [5.41, 5.74) is 7.18. The second kappa shape index (κ2) is 5.20. The van der Waals surface area contributed by atoms with Crippen LogP contribution in [0.25, 0.3) is 0 Å². The van der Waals surface area contributed by atoms with Crippen molar-refractivity contribution in [3.8, 4) is 0 Å². The molecule has 1 rings (SSSR count). The molecule has 0 saturated carbocycles. The van der Waals surface area contributed by atoms with E-state index < -0.39 is 0 Å². The van der Waals surface area contributed by atoms with E-state index in [9.17, 15) is 4.39 Å². The van der Waals surface area contributed by atoms with Gasteiger partial charge in [0.25, 0.3) is 0 Å². The van der Waals surface area contributed by atoms with Crippen LogP contribution in [0.4, 0.5) is 4.39 Å². The maximum Gasteiger partial charge on any atom is 0.126 e. The lowest BCUT2D eigenvalue weighted by Gasteiger charge is -2.08. The summed E-state index contributed by atoms with van der Waals surface area (Å²) in [5.74, 6) is 0.0821. The minimum atomic E-state index is -0.137. The van der Waals surface area contributed by atoms with Crippen LogP contribution in [-0.2, 0) is 6.54 Å². The Morgan fingerprint density at radius 2 is 2.00 bits per heavy atom. The number of hydrogen-bond donors (Lipinski definition) is 1. The van der Waals surface area contributed by atoms with E-state index in [0.717, 1.165) is 11.1 Å². The Bertz CT molecular complexity index is 274. The van der Waals surface area contributed by atoms with Gasteiger partial charge in [-0.25, -0.2) is 4.39 Å². The Kier molecular flexibility index (Phi) is 4.96. The van der Waals surface area contributed by atoms with Gasteiger partial charge in [-0.1, -0.05) is 26.0 Å². The second-order valence-corrected chi connectivity index (χ2v) is 3.21. The van der Waals surface area contributed by atoms with Gasteiger partial charge in [-0.15, -0.1) is 12.4 Å². The number of halogens is 2. The van der Waals surface area contributed by atoms with Crippen LogP contribution in [0.2, 0.25) is 0 Å². The van der Waals surface area contributed by atoms with Gasteiger partial charge in [0, 0.05) is 6.54 Å². The first-order valence-corrected chi connectivity index (χ1v) is 4.13. The zero-order valence-electron chi connectivity index (χ0n) is 7.88. The monoisotopic (exact) mass is 203 g/mol. The smallest absolute Gasteiger partial charge is 0.126 e. The lowest BCUT2D eigenvalue weighted by molar-refractivity contribution is 0.597. The van der Waals surface area contributed by atoms with Crippen LogP contribution in [0.3, 0.4) is 0 Å². The maximum absolute atomic E-state index is 13.1. The quantitative estimate of drug-likeness (QED) is 0.786. The molecule has 3 heteroatoms. The van der Waals surface area contributed by atoms with E-state index in [1.165, 1.54) is 6.07 Å². The molecule has 1 aromatic carbocycles. The Morgan fingerprint density at radius 1 is 1.38 bits per heavy atom. The van der Waals surface area contributed by atoms with Gasteiger partial charge in [-0.05, 0) is 23.1 Å². The molecule has 0 heterocycles. The molecule has 0 saturated heterocycles. The van der Waals surface area contributed by atoms with Crippen molar-refractivity contribution in [3.63, 3.8) is 0 Å². The highest BCUT2D eigenvalue weighted by molar-refractivity contribution is 5.85. The molecular weight excluding hydrogens is 189 g/mol. The Balaban J connectivity index is 0.00000144. The van der Waals surface area contributed by atoms with Gasteiger partial charge < -0.3 is 5.73 Å². The fraction of sp³-hybridized carbons (Fsp3) is 0.400. The molecular formula is C10H15ClFN. The van der Waals surface area contributed by atoms with Crippen LogP contribution in [0.15, 0.2) is 18.2 Å². The number of rotatable bonds is 2. The van der Waals surface area contributed by atoms with Crippen molar-refractivity contribution in [1.29, 1.82) is 0 Å². The third kappa shape index (κ3) is 2.98. The maximum atomic E-state index is 13.1. The molecule has 0 amide bonds. The van der Waals surface area contributed by atoms with Crippen molar-refractivity contribution < 1.29 is 4.39 Å². The average Bonchev–Trinajstić information content (AvgIpc) is 2.05. The highest BCUT2D eigenvalue weighted by Gasteiger charge is 2.06. The molecule has 0 aromatic heterocycles. The van der Waals surface area contributed by atoms with Gasteiger partial charge in [0.15, 0.2) is 0 Å². The van der Waals surface area contributed by atoms with E-state index in [1.54, 1.807) is 6.07 Å². The van der Waals surface area contributed by atoms with Crippen LogP contribution in [0.5, 0.6) is 0 Å². The van der Waals surface area contributed by atoms with Gasteiger partial charge >= 0.3 is 0 Å². The zero-order chi connectivity index (χ0) is 9.14. The molecule has 0 aliphatic heterocycles. The molecule has 0 unspecified atom stereocenters. The first-order chi connectivity index (χ1) is 5.65. The van der Waals surface area contributed by atoms with Crippen LogP contribution >= 0.6 is 12.4 Å². The molecule has 0 aliphatic carbocycles. The zero-order valence-corrected chi connectivity index (χ0v) is 8.70. The number of nitrogens with two attached hydrogens (primary N) is 1. The molecule has 1 nitrogen and oxygen atoms in total. The van der Waals surface area contributed by atoms with E-state index in [1.807, 2.05) is 19.9 Å². The number of benzene rings is 1. The predicted octanol–water partition coefficient (Wildman–Crippen LogP) is 2.83. The summed E-state index contributed by atoms with van der Waals surface area (Å²) in [7, 11) is 0. The molecule has 0 spiro atoms. The summed E-state index contributed by atoms with van der Waals surface area (Å²) in [6.45, 7) is 4.41. The topological polar surface area (TPSA) is 26.0 Å². The summed E-state index contributed by atoms with van der Waals surface area (Å²) in [6, 6.07) is 5.04. The van der Waals surface area contributed by atoms with Gasteiger partial charge in [0.05, 0.1) is 0 Å². The van der Waals surface area contributed by atoms with Crippen molar-refractivity contribution >= 4 is 12.4 Å². The standard InChI is InChI=1S/C10H14FN.ClH/c1-7(2)9-5-8(6-12)3-4-10(9)11;/h3-5,7H,6,12H2,1-2H3;1H. The Morgan fingerprint density at radius 3 is 2.46 bits per heavy atom. The molecule has 0 atom stereocenters. The van der Waals surface area contributed by atoms with Crippen molar-refractivity contribution in [2.75, 3.05) is 0 Å². The lowest BCUT2D eigenvalue weighted by atomic mass is 10.0. The first kappa shape index (κ1) is 12.4. The van der Waals surface area contributed by atoms with E-state index in [-0.39, 0.29) is 24.1 Å². The van der Waals surface area contributed by atoms with Crippen LogP contribution in [0.1, 0.15) is 30.9 Å². The number of hydrogen-bond acceptors (Lipinski definition) is 1. The van der Waals surface area contributed by atoms with Crippen molar-refractivity contribution in [3.05, 3.63) is 35.1 Å². The Hall–Kier alpha value is -0.600. The second-order valence-electron chi connectivity index (χ2n) is 3.21. The average molecular weight is 204 g/mol. The van der Waals surface area contributed by atoms with Gasteiger partial charge in [-0.3, -0.25) is 0 Å². The molecule has 0 aliphatic rings. The van der Waals surface area contributed by atoms with Gasteiger partial charge in [-0.2, -0.15) is 0 Å². The van der Waals surface area contributed by atoms with E-state index in [2.05, 4.69) is 0 Å². The third-order valence-corrected chi connectivity index (χ3v) is 1.92. The molecule has 2 N–H and O–H groups in total. The summed E-state index contributed by atoms with van der Waals surface area (Å²) in [6.07, 6.45) is 0. The summed E-state index contributed by atoms with van der Waals surface area (Å²) >= 11 is 0. The van der Waals surface area contributed by atoms with Gasteiger partial charge in [0.2, 0.25) is 0 Å². The minimum Gasteiger partial charge on any atom is -0.326 e. The SMILES string of the molecule is CC(C)c1cc(CN)ccc1F.Cl. The van der Waals surface area contributed by atoms with E-state index in [0.29, 0.717) is 6.54 Å². The van der Waals surface area contributed by atoms with Crippen molar-refractivity contribution in [1.82, 2.24) is 0 Å². The molecule has 0 radical (unpaired) electrons. The third-order valence-electron chi connectivity index (χ3n) is 1.92. The van der Waals surface area contributed by atoms with Crippen LogP contribution in [0, 0.1) is 5.82 Å². The van der Waals surface area contributed by atoms with Crippen molar-refractivity contribution in [2.45, 2.75) is 26.3 Å². The summed E-state index contributed by atoms with van der Waals surface area (Å²) in [5, 5.41) is 0. The lowest BCUT2D eigenvalue weighted by Crippen LogP contribution is -2.00. The predicted molar refractivity (Wildman–Crippen MR) is 55.6 cm³/mol. The Labute approximate surface area is 84.5 Å². The largest absolute Gasteiger partial charge is 0.326 e. The summed E-state index contributed by atoms with van der Waals surface area (Å²) < 4.78 is 13.1. The minimum absolute atomic E-state index is 0. The van der Waals surface area contributed by atoms with E-state index in [4.69, 9.17) is 5.73 Å². The first-order valence-electron chi connectivity index (χ1n) is 4.13. The molecule has 1 aromatic rings. The van der Waals surface area contributed by atoms with Crippen LogP contribution < -0.4 is 5.73 Å². The highest BCUT2D eigenvalue weighted by Crippen LogP contribution is 2.19. The van der Waals surface area contributed by atoms with Crippen molar-refractivity contribution in [2.24, 2.45) is 5.73 Å². The molecule has 74 valence electrons. The molecule has 0 fully saturated rings. The molecule has 13 heavy (non-hydrogen) atoms. The van der Waals surface area contributed by atoms with Crippen LogP contribution in [-0.4, -0.2) is 0 Å². The summed E-state index contributed by atoms with van der Waals surface area (Å²) in [4.78, 5) is 0. The highest BCUT2D eigenvalue weighted by atomic mass is 35.5. The fourth-order valence-corrected chi connectivity index (χ4v) is 1.16.